The summed E-state index contributed by atoms with van der Waals surface area (Å²) in [6, 6.07) is 10.8. The zero-order chi connectivity index (χ0) is 14.2. The van der Waals surface area contributed by atoms with E-state index in [4.69, 9.17) is 0 Å². The van der Waals surface area contributed by atoms with E-state index in [1.807, 2.05) is 27.7 Å². The monoisotopic (exact) mass is 252 g/mol. The Morgan fingerprint density at radius 1 is 0.778 bits per heavy atom. The first-order chi connectivity index (χ1) is 8.86. The van der Waals surface area contributed by atoms with Gasteiger partial charge in [0.1, 0.15) is 6.54 Å². The summed E-state index contributed by atoms with van der Waals surface area (Å²) >= 11 is 0. The van der Waals surface area contributed by atoms with Crippen molar-refractivity contribution in [3.8, 4) is 0 Å². The Kier molecular flexibility index (Phi) is 17.5. The highest BCUT2D eigenvalue weighted by molar-refractivity contribution is 5.13. The second-order valence-electron chi connectivity index (χ2n) is 3.91. The van der Waals surface area contributed by atoms with E-state index in [0.717, 1.165) is 0 Å². The Balaban J connectivity index is 0. The average Bonchev–Trinajstić information content (AvgIpc) is 2.45. The van der Waals surface area contributed by atoms with Gasteiger partial charge in [-0.3, -0.25) is 0 Å². The first-order valence-electron chi connectivity index (χ1n) is 7.74. The molecule has 0 saturated carbocycles. The fourth-order valence-corrected chi connectivity index (χ4v) is 1.89. The third kappa shape index (κ3) is 10.3. The van der Waals surface area contributed by atoms with Crippen molar-refractivity contribution >= 4 is 0 Å². The van der Waals surface area contributed by atoms with Crippen LogP contribution >= 0.6 is 0 Å². The summed E-state index contributed by atoms with van der Waals surface area (Å²) < 4.78 is 0. The van der Waals surface area contributed by atoms with Crippen LogP contribution in [0.4, 0.5) is 0 Å². The molecule has 0 unspecified atom stereocenters. The normalized spacial score (nSPS) is 9.06. The predicted octanol–water partition coefficient (Wildman–Crippen LogP) is 3.94. The number of rotatable bonds is 6. The van der Waals surface area contributed by atoms with Gasteiger partial charge in [-0.15, -0.1) is 0 Å². The van der Waals surface area contributed by atoms with Crippen LogP contribution in [0.15, 0.2) is 30.3 Å². The van der Waals surface area contributed by atoms with Crippen LogP contribution in [-0.2, 0) is 6.54 Å². The van der Waals surface area contributed by atoms with Crippen LogP contribution in [0.3, 0.4) is 0 Å². The SMILES string of the molecule is CC.CC.CCC[NH+](CCC)Cc1ccccc1. The van der Waals surface area contributed by atoms with Gasteiger partial charge in [0.15, 0.2) is 0 Å². The van der Waals surface area contributed by atoms with Gasteiger partial charge in [0.05, 0.1) is 13.1 Å². The van der Waals surface area contributed by atoms with Crippen molar-refractivity contribution in [2.75, 3.05) is 13.1 Å². The van der Waals surface area contributed by atoms with Crippen LogP contribution < -0.4 is 4.90 Å². The minimum Gasteiger partial charge on any atom is -0.331 e. The number of hydrogen-bond acceptors (Lipinski definition) is 0. The molecule has 0 spiro atoms. The van der Waals surface area contributed by atoms with Crippen LogP contribution in [0.5, 0.6) is 0 Å². The van der Waals surface area contributed by atoms with E-state index < -0.39 is 0 Å². The third-order valence-electron chi connectivity index (χ3n) is 2.50. The van der Waals surface area contributed by atoms with Crippen LogP contribution in [0.25, 0.3) is 0 Å². The van der Waals surface area contributed by atoms with Crippen molar-refractivity contribution in [1.82, 2.24) is 0 Å². The topological polar surface area (TPSA) is 4.44 Å². The van der Waals surface area contributed by atoms with Gasteiger partial charge < -0.3 is 4.90 Å². The Bertz CT molecular complexity index is 225. The van der Waals surface area contributed by atoms with Crippen molar-refractivity contribution in [2.24, 2.45) is 0 Å². The lowest BCUT2D eigenvalue weighted by atomic mass is 10.2. The van der Waals surface area contributed by atoms with Gasteiger partial charge in [-0.1, -0.05) is 71.9 Å². The summed E-state index contributed by atoms with van der Waals surface area (Å²) in [6.07, 6.45) is 2.56. The van der Waals surface area contributed by atoms with Gasteiger partial charge in [0, 0.05) is 5.56 Å². The molecule has 0 atom stereocenters. The molecular weight excluding hydrogens is 218 g/mol. The van der Waals surface area contributed by atoms with E-state index in [9.17, 15) is 0 Å². The lowest BCUT2D eigenvalue weighted by Gasteiger charge is -2.17. The van der Waals surface area contributed by atoms with Crippen molar-refractivity contribution in [3.05, 3.63) is 35.9 Å². The minimum atomic E-state index is 1.18. The van der Waals surface area contributed by atoms with Gasteiger partial charge in [0.2, 0.25) is 0 Å². The molecule has 1 aromatic carbocycles. The first kappa shape index (κ1) is 19.5. The smallest absolute Gasteiger partial charge is 0.103 e. The minimum absolute atomic E-state index is 1.18. The Labute approximate surface area is 115 Å². The molecule has 0 amide bonds. The van der Waals surface area contributed by atoms with E-state index in [-0.39, 0.29) is 0 Å². The van der Waals surface area contributed by atoms with Crippen molar-refractivity contribution in [1.29, 1.82) is 0 Å². The summed E-state index contributed by atoms with van der Waals surface area (Å²) in [7, 11) is 0. The lowest BCUT2D eigenvalue weighted by molar-refractivity contribution is -0.914. The highest BCUT2D eigenvalue weighted by Gasteiger charge is 2.05. The first-order valence-corrected chi connectivity index (χ1v) is 7.74. The molecule has 0 heterocycles. The zero-order valence-electron chi connectivity index (χ0n) is 13.4. The van der Waals surface area contributed by atoms with Gasteiger partial charge >= 0.3 is 0 Å². The molecule has 18 heavy (non-hydrogen) atoms. The fourth-order valence-electron chi connectivity index (χ4n) is 1.89. The molecule has 1 N–H and O–H groups in total. The number of quaternary nitrogens is 1. The van der Waals surface area contributed by atoms with E-state index in [1.165, 1.54) is 38.0 Å². The molecule has 1 aromatic rings. The quantitative estimate of drug-likeness (QED) is 0.782. The molecule has 0 saturated heterocycles. The Morgan fingerprint density at radius 3 is 1.61 bits per heavy atom. The van der Waals surface area contributed by atoms with Gasteiger partial charge in [-0.2, -0.15) is 0 Å². The Hall–Kier alpha value is -0.820. The van der Waals surface area contributed by atoms with E-state index in [0.29, 0.717) is 0 Å². The number of hydrogen-bond donors (Lipinski definition) is 1. The van der Waals surface area contributed by atoms with Gasteiger partial charge in [-0.05, 0) is 12.8 Å². The lowest BCUT2D eigenvalue weighted by Crippen LogP contribution is -3.10. The molecule has 0 aliphatic rings. The average molecular weight is 252 g/mol. The molecular formula is C17H34N+. The molecule has 0 fully saturated rings. The zero-order valence-corrected chi connectivity index (χ0v) is 13.4. The number of nitrogens with one attached hydrogen (secondary N) is 1. The van der Waals surface area contributed by atoms with Gasteiger partial charge in [-0.25, -0.2) is 0 Å². The van der Waals surface area contributed by atoms with Crippen LogP contribution in [-0.4, -0.2) is 13.1 Å². The van der Waals surface area contributed by atoms with Gasteiger partial charge in [0.25, 0.3) is 0 Å². The maximum Gasteiger partial charge on any atom is 0.103 e. The summed E-state index contributed by atoms with van der Waals surface area (Å²) in [5.41, 5.74) is 1.46. The molecule has 1 heteroatoms. The van der Waals surface area contributed by atoms with Crippen LogP contribution in [0, 0.1) is 0 Å². The standard InChI is InChI=1S/C13H21N.2C2H6/c1-3-10-14(11-4-2)12-13-8-6-5-7-9-13;2*1-2/h5-9H,3-4,10-12H2,1-2H3;2*1-2H3/p+1. The van der Waals surface area contributed by atoms with Crippen LogP contribution in [0.2, 0.25) is 0 Å². The molecule has 1 rings (SSSR count). The molecule has 0 aliphatic heterocycles. The summed E-state index contributed by atoms with van der Waals surface area (Å²) in [6.45, 7) is 16.3. The maximum atomic E-state index is 2.26. The van der Waals surface area contributed by atoms with Crippen molar-refractivity contribution in [3.63, 3.8) is 0 Å². The van der Waals surface area contributed by atoms with E-state index >= 15 is 0 Å². The number of benzene rings is 1. The summed E-state index contributed by atoms with van der Waals surface area (Å²) in [5, 5.41) is 0. The molecule has 0 bridgehead atoms. The molecule has 0 radical (unpaired) electrons. The highest BCUT2D eigenvalue weighted by Crippen LogP contribution is 1.95. The third-order valence-corrected chi connectivity index (χ3v) is 2.50. The van der Waals surface area contributed by atoms with Crippen molar-refractivity contribution < 1.29 is 4.90 Å². The van der Waals surface area contributed by atoms with Crippen LogP contribution in [0.1, 0.15) is 59.9 Å². The molecule has 106 valence electrons. The molecule has 1 nitrogen and oxygen atoms in total. The van der Waals surface area contributed by atoms with Crippen molar-refractivity contribution in [2.45, 2.75) is 60.9 Å². The summed E-state index contributed by atoms with van der Waals surface area (Å²) in [4.78, 5) is 1.71. The summed E-state index contributed by atoms with van der Waals surface area (Å²) in [5.74, 6) is 0. The van der Waals surface area contributed by atoms with E-state index in [2.05, 4.69) is 44.2 Å². The predicted molar refractivity (Wildman–Crippen MR) is 84.1 cm³/mol. The second-order valence-corrected chi connectivity index (χ2v) is 3.91. The fraction of sp³-hybridized carbons (Fsp3) is 0.647. The maximum absolute atomic E-state index is 2.26. The molecule has 0 aromatic heterocycles. The second kappa shape index (κ2) is 16.2. The molecule has 0 aliphatic carbocycles. The Morgan fingerprint density at radius 2 is 1.22 bits per heavy atom. The highest BCUT2D eigenvalue weighted by atomic mass is 15.1. The van der Waals surface area contributed by atoms with E-state index in [1.54, 1.807) is 4.90 Å². The largest absolute Gasteiger partial charge is 0.331 e.